The zero-order valence-electron chi connectivity index (χ0n) is 14.1. The number of aliphatic carboxylic acids is 1. The number of hydrogen-bond donors (Lipinski definition) is 2. The second kappa shape index (κ2) is 7.09. The Morgan fingerprint density at radius 2 is 2.00 bits per heavy atom. The molecule has 1 atom stereocenters. The van der Waals surface area contributed by atoms with Crippen molar-refractivity contribution >= 4 is 38.6 Å². The minimum absolute atomic E-state index is 0.663. The first-order valence-corrected chi connectivity index (χ1v) is 9.32. The predicted molar refractivity (Wildman–Crippen MR) is 104 cm³/mol. The highest BCUT2D eigenvalue weighted by molar-refractivity contribution is 9.10. The maximum atomic E-state index is 12.1. The summed E-state index contributed by atoms with van der Waals surface area (Å²) in [5, 5.41) is 10.9. The zero-order chi connectivity index (χ0) is 18.1. The molecule has 7 heteroatoms. The molecule has 134 valence electrons. The van der Waals surface area contributed by atoms with Gasteiger partial charge in [0, 0.05) is 59.5 Å². The summed E-state index contributed by atoms with van der Waals surface area (Å²) in [6.07, 6.45) is 3.60. The molecule has 0 aliphatic carbocycles. The molecule has 0 bridgehead atoms. The Morgan fingerprint density at radius 1 is 1.19 bits per heavy atom. The van der Waals surface area contributed by atoms with Crippen molar-refractivity contribution in [1.29, 1.82) is 0 Å². The van der Waals surface area contributed by atoms with Gasteiger partial charge in [-0.2, -0.15) is 0 Å². The summed E-state index contributed by atoms with van der Waals surface area (Å²) in [5.41, 5.74) is 1.75. The van der Waals surface area contributed by atoms with Crippen LogP contribution in [0.15, 0.2) is 53.3 Å². The largest absolute Gasteiger partial charge is 0.480 e. The molecular formula is C19H19BrN4O2. The Bertz CT molecular complexity index is 920. The van der Waals surface area contributed by atoms with Gasteiger partial charge < -0.3 is 15.0 Å². The number of nitrogens with one attached hydrogen (secondary N) is 1. The number of hydrogen-bond acceptors (Lipinski definition) is 4. The highest BCUT2D eigenvalue weighted by Gasteiger charge is 2.32. The molecule has 1 aliphatic heterocycles. The van der Waals surface area contributed by atoms with Crippen LogP contribution in [0.1, 0.15) is 11.6 Å². The summed E-state index contributed by atoms with van der Waals surface area (Å²) < 4.78 is 0.940. The average molecular weight is 415 g/mol. The number of carboxylic acids is 1. The van der Waals surface area contributed by atoms with Gasteiger partial charge in [-0.15, -0.1) is 0 Å². The van der Waals surface area contributed by atoms with Crippen molar-refractivity contribution in [2.24, 2.45) is 0 Å². The molecule has 26 heavy (non-hydrogen) atoms. The number of halogens is 1. The molecule has 1 saturated heterocycles. The van der Waals surface area contributed by atoms with Crippen molar-refractivity contribution in [2.75, 3.05) is 31.1 Å². The molecule has 6 nitrogen and oxygen atoms in total. The highest BCUT2D eigenvalue weighted by atomic mass is 79.9. The smallest absolute Gasteiger partial charge is 0.325 e. The summed E-state index contributed by atoms with van der Waals surface area (Å²) >= 11 is 3.48. The van der Waals surface area contributed by atoms with Crippen LogP contribution in [-0.2, 0) is 4.79 Å². The van der Waals surface area contributed by atoms with Crippen LogP contribution in [0.5, 0.6) is 0 Å². The molecule has 4 rings (SSSR count). The number of nitrogens with zero attached hydrogens (tertiary/aromatic N) is 3. The first kappa shape index (κ1) is 17.1. The van der Waals surface area contributed by atoms with E-state index in [1.807, 2.05) is 47.5 Å². The quantitative estimate of drug-likeness (QED) is 0.685. The molecule has 3 aromatic rings. The number of H-pyrrole nitrogens is 1. The molecule has 1 aliphatic rings. The van der Waals surface area contributed by atoms with E-state index in [1.165, 1.54) is 0 Å². The second-order valence-corrected chi connectivity index (χ2v) is 7.30. The Morgan fingerprint density at radius 3 is 2.69 bits per heavy atom. The topological polar surface area (TPSA) is 72.5 Å². The lowest BCUT2D eigenvalue weighted by molar-refractivity contribution is -0.143. The summed E-state index contributed by atoms with van der Waals surface area (Å²) in [7, 11) is 0. The van der Waals surface area contributed by atoms with E-state index in [0.717, 1.165) is 39.8 Å². The fourth-order valence-corrected chi connectivity index (χ4v) is 3.94. The van der Waals surface area contributed by atoms with Crippen LogP contribution < -0.4 is 4.90 Å². The number of piperazine rings is 1. The third-order valence-electron chi connectivity index (χ3n) is 4.86. The summed E-state index contributed by atoms with van der Waals surface area (Å²) in [6.45, 7) is 2.86. The number of carboxylic acid groups (broad SMARTS) is 1. The summed E-state index contributed by atoms with van der Waals surface area (Å²) in [4.78, 5) is 23.9. The molecule has 0 radical (unpaired) electrons. The van der Waals surface area contributed by atoms with Crippen LogP contribution in [0.2, 0.25) is 0 Å². The normalized spacial score (nSPS) is 16.7. The zero-order valence-corrected chi connectivity index (χ0v) is 15.7. The van der Waals surface area contributed by atoms with Gasteiger partial charge in [-0.05, 0) is 30.3 Å². The first-order chi connectivity index (χ1) is 12.6. The van der Waals surface area contributed by atoms with Crippen molar-refractivity contribution in [1.82, 2.24) is 14.9 Å². The van der Waals surface area contributed by atoms with Gasteiger partial charge in [-0.3, -0.25) is 9.69 Å². The second-order valence-electron chi connectivity index (χ2n) is 6.39. The van der Waals surface area contributed by atoms with Crippen LogP contribution in [0, 0.1) is 0 Å². The molecule has 2 N–H and O–H groups in total. The lowest BCUT2D eigenvalue weighted by Gasteiger charge is -2.38. The maximum Gasteiger partial charge on any atom is 0.325 e. The van der Waals surface area contributed by atoms with Gasteiger partial charge in [0.15, 0.2) is 0 Å². The van der Waals surface area contributed by atoms with Gasteiger partial charge in [0.05, 0.1) is 0 Å². The molecule has 1 unspecified atom stereocenters. The van der Waals surface area contributed by atoms with E-state index in [-0.39, 0.29) is 0 Å². The Hall–Kier alpha value is -2.38. The molecule has 1 fully saturated rings. The van der Waals surface area contributed by atoms with Crippen molar-refractivity contribution in [2.45, 2.75) is 6.04 Å². The molecule has 2 aromatic heterocycles. The minimum Gasteiger partial charge on any atom is -0.480 e. The Kier molecular flexibility index (Phi) is 4.65. The molecule has 1 aromatic carbocycles. The van der Waals surface area contributed by atoms with Crippen molar-refractivity contribution in [3.8, 4) is 0 Å². The van der Waals surface area contributed by atoms with E-state index < -0.39 is 12.0 Å². The number of fused-ring (bicyclic) bond motifs is 1. The molecule has 0 saturated carbocycles. The van der Waals surface area contributed by atoms with Gasteiger partial charge in [-0.25, -0.2) is 4.98 Å². The Balaban J connectivity index is 1.58. The highest BCUT2D eigenvalue weighted by Crippen LogP contribution is 2.31. The number of anilines is 1. The molecular weight excluding hydrogens is 396 g/mol. The maximum absolute atomic E-state index is 12.1. The standard InChI is InChI=1S/C19H19BrN4O2/c20-13-4-5-16-14(11-13)15(12-22-16)18(19(25)26)24-9-7-23(8-10-24)17-3-1-2-6-21-17/h1-6,11-12,18,22H,7-10H2,(H,25,26). The number of benzene rings is 1. The average Bonchev–Trinajstić information content (AvgIpc) is 3.06. The van der Waals surface area contributed by atoms with E-state index in [9.17, 15) is 9.90 Å². The van der Waals surface area contributed by atoms with Crippen LogP contribution in [-0.4, -0.2) is 52.1 Å². The molecule has 0 amide bonds. The lowest BCUT2D eigenvalue weighted by atomic mass is 10.0. The van der Waals surface area contributed by atoms with Crippen LogP contribution in [0.4, 0.5) is 5.82 Å². The predicted octanol–water partition coefficient (Wildman–Crippen LogP) is 3.27. The fraction of sp³-hybridized carbons (Fsp3) is 0.263. The van der Waals surface area contributed by atoms with Gasteiger partial charge in [0.1, 0.15) is 11.9 Å². The van der Waals surface area contributed by atoms with Gasteiger partial charge in [0.25, 0.3) is 0 Å². The number of pyridine rings is 1. The van der Waals surface area contributed by atoms with Crippen molar-refractivity contribution in [3.05, 3.63) is 58.8 Å². The van der Waals surface area contributed by atoms with Gasteiger partial charge in [0.2, 0.25) is 0 Å². The number of aromatic amines is 1. The summed E-state index contributed by atoms with van der Waals surface area (Å²) in [5.74, 6) is 0.118. The van der Waals surface area contributed by atoms with Crippen molar-refractivity contribution in [3.63, 3.8) is 0 Å². The van der Waals surface area contributed by atoms with Crippen LogP contribution in [0.3, 0.4) is 0 Å². The van der Waals surface area contributed by atoms with E-state index in [0.29, 0.717) is 13.1 Å². The Labute approximate surface area is 159 Å². The van der Waals surface area contributed by atoms with E-state index in [1.54, 1.807) is 6.20 Å². The van der Waals surface area contributed by atoms with Crippen LogP contribution in [0.25, 0.3) is 10.9 Å². The number of carbonyl (C=O) groups is 1. The van der Waals surface area contributed by atoms with Gasteiger partial charge >= 0.3 is 5.97 Å². The van der Waals surface area contributed by atoms with Gasteiger partial charge in [-0.1, -0.05) is 22.0 Å². The van der Waals surface area contributed by atoms with E-state index >= 15 is 0 Å². The third-order valence-corrected chi connectivity index (χ3v) is 5.35. The SMILES string of the molecule is O=C(O)C(c1c[nH]c2ccc(Br)cc12)N1CCN(c2ccccn2)CC1. The van der Waals surface area contributed by atoms with Crippen LogP contribution >= 0.6 is 15.9 Å². The summed E-state index contributed by atoms with van der Waals surface area (Å²) in [6, 6.07) is 11.1. The fourth-order valence-electron chi connectivity index (χ4n) is 3.58. The lowest BCUT2D eigenvalue weighted by Crippen LogP contribution is -2.49. The molecule has 0 spiro atoms. The monoisotopic (exact) mass is 414 g/mol. The minimum atomic E-state index is -0.822. The number of aromatic nitrogens is 2. The first-order valence-electron chi connectivity index (χ1n) is 8.53. The van der Waals surface area contributed by atoms with E-state index in [2.05, 4.69) is 30.8 Å². The van der Waals surface area contributed by atoms with E-state index in [4.69, 9.17) is 0 Å². The van der Waals surface area contributed by atoms with Crippen molar-refractivity contribution < 1.29 is 9.90 Å². The molecule has 3 heterocycles. The third kappa shape index (κ3) is 3.20. The number of rotatable bonds is 4.